The predicted octanol–water partition coefficient (Wildman–Crippen LogP) is 5.28. The Morgan fingerprint density at radius 1 is 1.06 bits per heavy atom. The summed E-state index contributed by atoms with van der Waals surface area (Å²) in [5.74, 6) is 0.459. The summed E-state index contributed by atoms with van der Waals surface area (Å²) in [6.45, 7) is 2.77. The van der Waals surface area contributed by atoms with Gasteiger partial charge in [0.25, 0.3) is 0 Å². The number of carbonyl (C=O) groups is 2. The van der Waals surface area contributed by atoms with Gasteiger partial charge in [-0.05, 0) is 49.4 Å². The topological polar surface area (TPSA) is 67.9 Å². The highest BCUT2D eigenvalue weighted by Crippen LogP contribution is 2.33. The number of ether oxygens (including phenoxy) is 2. The van der Waals surface area contributed by atoms with Crippen molar-refractivity contribution in [3.8, 4) is 11.5 Å². The van der Waals surface area contributed by atoms with Crippen molar-refractivity contribution in [1.29, 1.82) is 0 Å². The number of benzene rings is 2. The number of alkyl halides is 1. The van der Waals surface area contributed by atoms with E-state index < -0.39 is 6.04 Å². The minimum Gasteiger partial charge on any atom is -0.493 e. The third-order valence-electron chi connectivity index (χ3n) is 6.48. The minimum atomic E-state index is -0.821. The molecular formula is C28H37ClN2O4. The Morgan fingerprint density at radius 2 is 1.77 bits per heavy atom. The van der Waals surface area contributed by atoms with Gasteiger partial charge in [0.05, 0.1) is 13.7 Å². The molecule has 1 fully saturated rings. The lowest BCUT2D eigenvalue weighted by Gasteiger charge is -2.32. The fraction of sp³-hybridized carbons (Fsp3) is 0.500. The van der Waals surface area contributed by atoms with E-state index >= 15 is 0 Å². The Kier molecular flexibility index (Phi) is 10.7. The second-order valence-corrected chi connectivity index (χ2v) is 9.17. The monoisotopic (exact) mass is 500 g/mol. The molecule has 1 aliphatic carbocycles. The summed E-state index contributed by atoms with van der Waals surface area (Å²) in [5.41, 5.74) is 1.76. The molecule has 1 N–H and O–H groups in total. The van der Waals surface area contributed by atoms with Crippen LogP contribution in [-0.4, -0.2) is 48.9 Å². The van der Waals surface area contributed by atoms with Gasteiger partial charge in [-0.3, -0.25) is 9.59 Å². The first-order chi connectivity index (χ1) is 17.1. The third kappa shape index (κ3) is 7.63. The van der Waals surface area contributed by atoms with Gasteiger partial charge in [-0.25, -0.2) is 0 Å². The number of hydrogen-bond donors (Lipinski definition) is 1. The summed E-state index contributed by atoms with van der Waals surface area (Å²) in [7, 11) is 1.57. The zero-order valence-corrected chi connectivity index (χ0v) is 21.6. The van der Waals surface area contributed by atoms with Crippen molar-refractivity contribution in [1.82, 2.24) is 10.2 Å². The largest absolute Gasteiger partial charge is 0.493 e. The quantitative estimate of drug-likeness (QED) is 0.336. The van der Waals surface area contributed by atoms with Gasteiger partial charge in [-0.2, -0.15) is 0 Å². The second-order valence-electron chi connectivity index (χ2n) is 8.90. The van der Waals surface area contributed by atoms with Crippen LogP contribution >= 0.6 is 11.6 Å². The maximum Gasteiger partial charge on any atom is 0.247 e. The maximum atomic E-state index is 13.8. The molecule has 7 heteroatoms. The standard InChI is InChI=1S/C28H37ClN2O4/c1-3-35-24-16-15-22(19-25(24)34-2)27(28(33)30-23-13-9-4-5-10-14-23)31(26(32)20-29)18-17-21-11-7-6-8-12-21/h6-8,11-12,15-16,19,23,27H,3-5,9-10,13-14,17-18,20H2,1-2H3,(H,30,33)/t27-/m1/s1. The average Bonchev–Trinajstić information content (AvgIpc) is 3.15. The predicted molar refractivity (Wildman–Crippen MR) is 139 cm³/mol. The molecule has 1 saturated carbocycles. The van der Waals surface area contributed by atoms with Crippen molar-refractivity contribution >= 4 is 23.4 Å². The molecule has 0 saturated heterocycles. The van der Waals surface area contributed by atoms with Gasteiger partial charge in [0.2, 0.25) is 11.8 Å². The number of hydrogen-bond acceptors (Lipinski definition) is 4. The molecule has 0 aromatic heterocycles. The van der Waals surface area contributed by atoms with Gasteiger partial charge in [-0.15, -0.1) is 11.6 Å². The molecule has 0 radical (unpaired) electrons. The zero-order chi connectivity index (χ0) is 25.0. The van der Waals surface area contributed by atoms with Crippen LogP contribution in [0, 0.1) is 0 Å². The summed E-state index contributed by atoms with van der Waals surface area (Å²) in [4.78, 5) is 28.5. The summed E-state index contributed by atoms with van der Waals surface area (Å²) >= 11 is 6.04. The lowest BCUT2D eigenvalue weighted by atomic mass is 10.0. The fourth-order valence-electron chi connectivity index (χ4n) is 4.67. The number of carbonyl (C=O) groups excluding carboxylic acids is 2. The van der Waals surface area contributed by atoms with Crippen molar-refractivity contribution < 1.29 is 19.1 Å². The van der Waals surface area contributed by atoms with Crippen molar-refractivity contribution in [3.63, 3.8) is 0 Å². The molecule has 0 heterocycles. The molecule has 1 atom stereocenters. The van der Waals surface area contributed by atoms with Crippen LogP contribution in [0.1, 0.15) is 62.6 Å². The highest BCUT2D eigenvalue weighted by Gasteiger charge is 2.33. The van der Waals surface area contributed by atoms with E-state index in [-0.39, 0.29) is 23.7 Å². The molecule has 35 heavy (non-hydrogen) atoms. The number of amides is 2. The minimum absolute atomic E-state index is 0.110. The lowest BCUT2D eigenvalue weighted by Crippen LogP contribution is -2.47. The van der Waals surface area contributed by atoms with Gasteiger partial charge >= 0.3 is 0 Å². The average molecular weight is 501 g/mol. The Morgan fingerprint density at radius 3 is 2.40 bits per heavy atom. The summed E-state index contributed by atoms with van der Waals surface area (Å²) in [6, 6.07) is 14.6. The van der Waals surface area contributed by atoms with E-state index in [1.165, 1.54) is 12.8 Å². The molecule has 6 nitrogen and oxygen atoms in total. The van der Waals surface area contributed by atoms with Crippen molar-refractivity contribution in [2.75, 3.05) is 26.1 Å². The van der Waals surface area contributed by atoms with Gasteiger partial charge in [0.15, 0.2) is 11.5 Å². The van der Waals surface area contributed by atoms with E-state index in [0.29, 0.717) is 36.6 Å². The summed E-state index contributed by atoms with van der Waals surface area (Å²) < 4.78 is 11.2. The molecule has 190 valence electrons. The van der Waals surface area contributed by atoms with Crippen LogP contribution in [0.5, 0.6) is 11.5 Å². The van der Waals surface area contributed by atoms with E-state index in [2.05, 4.69) is 5.32 Å². The molecule has 0 spiro atoms. The van der Waals surface area contributed by atoms with E-state index in [9.17, 15) is 9.59 Å². The van der Waals surface area contributed by atoms with E-state index in [4.69, 9.17) is 21.1 Å². The highest BCUT2D eigenvalue weighted by atomic mass is 35.5. The van der Waals surface area contributed by atoms with E-state index in [1.54, 1.807) is 24.1 Å². The molecular weight excluding hydrogens is 464 g/mol. The number of methoxy groups -OCH3 is 1. The highest BCUT2D eigenvalue weighted by molar-refractivity contribution is 6.27. The Labute approximate surface area is 213 Å². The lowest BCUT2D eigenvalue weighted by molar-refractivity contribution is -0.139. The molecule has 2 aromatic rings. The molecule has 2 aromatic carbocycles. The summed E-state index contributed by atoms with van der Waals surface area (Å²) in [5, 5.41) is 3.24. The van der Waals surface area contributed by atoms with Gasteiger partial charge < -0.3 is 19.7 Å². The Hall–Kier alpha value is -2.73. The SMILES string of the molecule is CCOc1ccc([C@H](C(=O)NC2CCCCCC2)N(CCc2ccccc2)C(=O)CCl)cc1OC. The van der Waals surface area contributed by atoms with E-state index in [0.717, 1.165) is 31.2 Å². The van der Waals surface area contributed by atoms with Crippen LogP contribution in [-0.2, 0) is 16.0 Å². The van der Waals surface area contributed by atoms with Gasteiger partial charge in [0.1, 0.15) is 11.9 Å². The number of halogens is 1. The van der Waals surface area contributed by atoms with Crippen LogP contribution in [0.4, 0.5) is 0 Å². The van der Waals surface area contributed by atoms with Crippen LogP contribution in [0.3, 0.4) is 0 Å². The molecule has 0 aliphatic heterocycles. The molecule has 1 aliphatic rings. The van der Waals surface area contributed by atoms with Crippen molar-refractivity contribution in [3.05, 3.63) is 59.7 Å². The number of nitrogens with zero attached hydrogens (tertiary/aromatic N) is 1. The molecule has 0 bridgehead atoms. The third-order valence-corrected chi connectivity index (χ3v) is 6.71. The normalized spacial score (nSPS) is 15.1. The fourth-order valence-corrected chi connectivity index (χ4v) is 4.83. The van der Waals surface area contributed by atoms with Crippen LogP contribution in [0.2, 0.25) is 0 Å². The first-order valence-corrected chi connectivity index (χ1v) is 13.1. The number of rotatable bonds is 11. The summed E-state index contributed by atoms with van der Waals surface area (Å²) in [6.07, 6.45) is 7.12. The van der Waals surface area contributed by atoms with E-state index in [1.807, 2.05) is 43.3 Å². The van der Waals surface area contributed by atoms with Crippen LogP contribution < -0.4 is 14.8 Å². The Balaban J connectivity index is 1.95. The van der Waals surface area contributed by atoms with Gasteiger partial charge in [-0.1, -0.05) is 62.1 Å². The maximum absolute atomic E-state index is 13.8. The number of nitrogens with one attached hydrogen (secondary N) is 1. The smallest absolute Gasteiger partial charge is 0.247 e. The second kappa shape index (κ2) is 14.0. The molecule has 0 unspecified atom stereocenters. The Bertz CT molecular complexity index is 945. The zero-order valence-electron chi connectivity index (χ0n) is 20.8. The first-order valence-electron chi connectivity index (χ1n) is 12.6. The molecule has 2 amide bonds. The van der Waals surface area contributed by atoms with Crippen molar-refractivity contribution in [2.24, 2.45) is 0 Å². The first kappa shape index (κ1) is 26.9. The van der Waals surface area contributed by atoms with Gasteiger partial charge in [0, 0.05) is 12.6 Å². The van der Waals surface area contributed by atoms with Crippen molar-refractivity contribution in [2.45, 2.75) is 64.0 Å². The van der Waals surface area contributed by atoms with Crippen LogP contribution in [0.15, 0.2) is 48.5 Å². The molecule has 3 rings (SSSR count). The van der Waals surface area contributed by atoms with Crippen LogP contribution in [0.25, 0.3) is 0 Å².